The number of hydrogen-bond donors (Lipinski definition) is 2. The summed E-state index contributed by atoms with van der Waals surface area (Å²) in [6.45, 7) is 3.40. The number of halogens is 1. The van der Waals surface area contributed by atoms with Gasteiger partial charge in [-0.3, -0.25) is 4.79 Å². The Morgan fingerprint density at radius 2 is 1.93 bits per heavy atom. The summed E-state index contributed by atoms with van der Waals surface area (Å²) in [7, 11) is 0. The smallest absolute Gasteiger partial charge is 0.247 e. The van der Waals surface area contributed by atoms with Crippen LogP contribution in [0.4, 0.5) is 0 Å². The van der Waals surface area contributed by atoms with E-state index in [9.17, 15) is 9.90 Å². The fraction of sp³-hybridized carbons (Fsp3) is 0.100. The molecular formula is C10H10ClNO2. The maximum atomic E-state index is 10.7. The number of aliphatic hydroxyl groups excluding tert-OH is 1. The fourth-order valence-corrected chi connectivity index (χ4v) is 1.11. The van der Waals surface area contributed by atoms with Crippen LogP contribution in [0.25, 0.3) is 0 Å². The summed E-state index contributed by atoms with van der Waals surface area (Å²) >= 11 is 5.66. The molecule has 0 bridgehead atoms. The van der Waals surface area contributed by atoms with E-state index in [1.165, 1.54) is 0 Å². The van der Waals surface area contributed by atoms with Crippen LogP contribution in [0.15, 0.2) is 36.4 Å². The molecule has 1 amide bonds. The number of amides is 1. The molecular weight excluding hydrogens is 202 g/mol. The van der Waals surface area contributed by atoms with Gasteiger partial charge in [-0.05, 0) is 17.7 Å². The first-order valence-electron chi connectivity index (χ1n) is 3.94. The average molecular weight is 212 g/mol. The lowest BCUT2D eigenvalue weighted by molar-refractivity contribution is -0.115. The lowest BCUT2D eigenvalue weighted by Gasteiger charge is -2.10. The number of rotatable bonds is 3. The molecule has 74 valence electrons. The number of nitrogens with two attached hydrogens (primary N) is 1. The average Bonchev–Trinajstić information content (AvgIpc) is 2.16. The zero-order chi connectivity index (χ0) is 10.7. The van der Waals surface area contributed by atoms with E-state index < -0.39 is 12.0 Å². The van der Waals surface area contributed by atoms with Crippen molar-refractivity contribution < 1.29 is 9.90 Å². The Balaban J connectivity index is 2.89. The minimum Gasteiger partial charge on any atom is -0.383 e. The molecule has 0 heterocycles. The topological polar surface area (TPSA) is 63.3 Å². The third-order valence-electron chi connectivity index (χ3n) is 1.83. The molecule has 0 aliphatic carbocycles. The van der Waals surface area contributed by atoms with Gasteiger partial charge in [0.25, 0.3) is 0 Å². The van der Waals surface area contributed by atoms with Crippen LogP contribution >= 0.6 is 11.6 Å². The summed E-state index contributed by atoms with van der Waals surface area (Å²) in [5.41, 5.74) is 5.48. The number of hydrogen-bond acceptors (Lipinski definition) is 2. The summed E-state index contributed by atoms with van der Waals surface area (Å²) in [5, 5.41) is 10.2. The number of carbonyl (C=O) groups excluding carboxylic acids is 1. The first kappa shape index (κ1) is 10.8. The van der Waals surface area contributed by atoms with Crippen molar-refractivity contribution in [1.82, 2.24) is 0 Å². The number of carbonyl (C=O) groups is 1. The monoisotopic (exact) mass is 211 g/mol. The highest BCUT2D eigenvalue weighted by atomic mass is 35.5. The third-order valence-corrected chi connectivity index (χ3v) is 2.08. The molecule has 1 aromatic rings. The van der Waals surface area contributed by atoms with Crippen molar-refractivity contribution >= 4 is 17.5 Å². The van der Waals surface area contributed by atoms with Crippen molar-refractivity contribution in [3.63, 3.8) is 0 Å². The highest BCUT2D eigenvalue weighted by molar-refractivity contribution is 6.30. The second kappa shape index (κ2) is 4.26. The Hall–Kier alpha value is -1.32. The summed E-state index contributed by atoms with van der Waals surface area (Å²) in [6.07, 6.45) is -1.07. The predicted octanol–water partition coefficient (Wildman–Crippen LogP) is 1.41. The number of primary amides is 1. The van der Waals surface area contributed by atoms with Crippen molar-refractivity contribution in [2.24, 2.45) is 5.73 Å². The minimum absolute atomic E-state index is 0.0349. The van der Waals surface area contributed by atoms with Gasteiger partial charge < -0.3 is 10.8 Å². The van der Waals surface area contributed by atoms with E-state index in [0.29, 0.717) is 10.6 Å². The molecule has 1 aromatic carbocycles. The van der Waals surface area contributed by atoms with Crippen molar-refractivity contribution in [2.75, 3.05) is 0 Å². The van der Waals surface area contributed by atoms with E-state index >= 15 is 0 Å². The summed E-state index contributed by atoms with van der Waals surface area (Å²) in [6, 6.07) is 6.46. The standard InChI is InChI=1S/C10H10ClNO2/c1-6(10(12)14)9(13)7-2-4-8(11)5-3-7/h2-5,9,13H,1H2,(H2,12,14)/t9-/m1/s1. The molecule has 0 fully saturated rings. The van der Waals surface area contributed by atoms with Crippen molar-refractivity contribution in [2.45, 2.75) is 6.10 Å². The van der Waals surface area contributed by atoms with E-state index in [0.717, 1.165) is 0 Å². The lowest BCUT2D eigenvalue weighted by atomic mass is 10.0. The highest BCUT2D eigenvalue weighted by Gasteiger charge is 2.15. The summed E-state index contributed by atoms with van der Waals surface area (Å²) in [5.74, 6) is -0.715. The molecule has 1 rings (SSSR count). The van der Waals surface area contributed by atoms with Gasteiger partial charge in [0.2, 0.25) is 5.91 Å². The van der Waals surface area contributed by atoms with Crippen LogP contribution in [0.5, 0.6) is 0 Å². The molecule has 0 saturated carbocycles. The first-order chi connectivity index (χ1) is 6.52. The predicted molar refractivity (Wildman–Crippen MR) is 54.7 cm³/mol. The van der Waals surface area contributed by atoms with E-state index in [2.05, 4.69) is 6.58 Å². The first-order valence-corrected chi connectivity index (χ1v) is 4.32. The summed E-state index contributed by atoms with van der Waals surface area (Å²) < 4.78 is 0. The molecule has 14 heavy (non-hydrogen) atoms. The van der Waals surface area contributed by atoms with Gasteiger partial charge in [-0.2, -0.15) is 0 Å². The van der Waals surface area contributed by atoms with Gasteiger partial charge >= 0.3 is 0 Å². The molecule has 0 aliphatic heterocycles. The molecule has 3 N–H and O–H groups in total. The van der Waals surface area contributed by atoms with Crippen LogP contribution in [0, 0.1) is 0 Å². The fourth-order valence-electron chi connectivity index (χ4n) is 0.981. The Kier molecular flexibility index (Phi) is 3.28. The largest absolute Gasteiger partial charge is 0.383 e. The summed E-state index contributed by atoms with van der Waals surface area (Å²) in [4.78, 5) is 10.7. The van der Waals surface area contributed by atoms with Crippen LogP contribution in [0.2, 0.25) is 5.02 Å². The number of aliphatic hydroxyl groups is 1. The van der Waals surface area contributed by atoms with E-state index in [4.69, 9.17) is 17.3 Å². The molecule has 3 nitrogen and oxygen atoms in total. The van der Waals surface area contributed by atoms with Gasteiger partial charge in [-0.25, -0.2) is 0 Å². The van der Waals surface area contributed by atoms with Crippen molar-refractivity contribution in [1.29, 1.82) is 0 Å². The maximum Gasteiger partial charge on any atom is 0.247 e. The van der Waals surface area contributed by atoms with Gasteiger partial charge in [0.1, 0.15) is 6.10 Å². The maximum absolute atomic E-state index is 10.7. The van der Waals surface area contributed by atoms with Crippen LogP contribution in [0.3, 0.4) is 0 Å². The zero-order valence-electron chi connectivity index (χ0n) is 7.40. The Labute approximate surface area is 86.8 Å². The minimum atomic E-state index is -1.07. The second-order valence-electron chi connectivity index (χ2n) is 2.84. The molecule has 0 aromatic heterocycles. The van der Waals surface area contributed by atoms with E-state index in [1.54, 1.807) is 24.3 Å². The Morgan fingerprint density at radius 3 is 2.36 bits per heavy atom. The normalized spacial score (nSPS) is 12.1. The SMILES string of the molecule is C=C(C(N)=O)[C@@H](O)c1ccc(Cl)cc1. The van der Waals surface area contributed by atoms with Crippen molar-refractivity contribution in [3.05, 3.63) is 47.0 Å². The Bertz CT molecular complexity index is 359. The molecule has 4 heteroatoms. The number of benzene rings is 1. The van der Waals surface area contributed by atoms with Crippen LogP contribution in [-0.4, -0.2) is 11.0 Å². The van der Waals surface area contributed by atoms with Crippen LogP contribution in [-0.2, 0) is 4.79 Å². The third kappa shape index (κ3) is 2.34. The van der Waals surface area contributed by atoms with Gasteiger partial charge in [0, 0.05) is 10.6 Å². The van der Waals surface area contributed by atoms with Gasteiger partial charge in [-0.15, -0.1) is 0 Å². The zero-order valence-corrected chi connectivity index (χ0v) is 8.16. The molecule has 0 unspecified atom stereocenters. The van der Waals surface area contributed by atoms with Crippen LogP contribution in [0.1, 0.15) is 11.7 Å². The quantitative estimate of drug-likeness (QED) is 0.743. The molecule has 0 saturated heterocycles. The molecule has 1 atom stereocenters. The highest BCUT2D eigenvalue weighted by Crippen LogP contribution is 2.21. The van der Waals surface area contributed by atoms with E-state index in [-0.39, 0.29) is 5.57 Å². The molecule has 0 aliphatic rings. The van der Waals surface area contributed by atoms with Crippen LogP contribution < -0.4 is 5.73 Å². The Morgan fingerprint density at radius 1 is 1.43 bits per heavy atom. The van der Waals surface area contributed by atoms with Gasteiger partial charge in [0.15, 0.2) is 0 Å². The lowest BCUT2D eigenvalue weighted by Crippen LogP contribution is -2.18. The van der Waals surface area contributed by atoms with Crippen molar-refractivity contribution in [3.8, 4) is 0 Å². The van der Waals surface area contributed by atoms with Gasteiger partial charge in [-0.1, -0.05) is 30.3 Å². The molecule has 0 spiro atoms. The second-order valence-corrected chi connectivity index (χ2v) is 3.28. The van der Waals surface area contributed by atoms with Gasteiger partial charge in [0.05, 0.1) is 0 Å². The van der Waals surface area contributed by atoms with E-state index in [1.807, 2.05) is 0 Å². The molecule has 0 radical (unpaired) electrons.